The number of aliphatic hydroxyl groups is 2. The van der Waals surface area contributed by atoms with Gasteiger partial charge in [-0.2, -0.15) is 0 Å². The van der Waals surface area contributed by atoms with Gasteiger partial charge in [0.1, 0.15) is 17.7 Å². The van der Waals surface area contributed by atoms with Crippen molar-refractivity contribution >= 4 is 29.3 Å². The Labute approximate surface area is 137 Å². The highest BCUT2D eigenvalue weighted by Gasteiger charge is 2.08. The SMILES string of the molecule is C=Cc1ccc(Cl)c(F)c1.OC[C@H](O)c1ccc(Cl)c(F)c1. The molecule has 0 saturated heterocycles. The highest BCUT2D eigenvalue weighted by Crippen LogP contribution is 2.19. The Morgan fingerprint density at radius 3 is 2.05 bits per heavy atom. The van der Waals surface area contributed by atoms with E-state index in [1.807, 2.05) is 0 Å². The quantitative estimate of drug-likeness (QED) is 0.850. The molecule has 2 aromatic carbocycles. The van der Waals surface area contributed by atoms with E-state index in [0.717, 1.165) is 11.6 Å². The fourth-order valence-corrected chi connectivity index (χ4v) is 1.70. The normalized spacial score (nSPS) is 11.4. The van der Waals surface area contributed by atoms with E-state index in [1.54, 1.807) is 12.1 Å². The Kier molecular flexibility index (Phi) is 7.48. The molecule has 0 saturated carbocycles. The first-order valence-electron chi connectivity index (χ1n) is 6.20. The summed E-state index contributed by atoms with van der Waals surface area (Å²) >= 11 is 10.8. The van der Waals surface area contributed by atoms with Crippen molar-refractivity contribution in [3.05, 3.63) is 75.8 Å². The van der Waals surface area contributed by atoms with Gasteiger partial charge >= 0.3 is 0 Å². The van der Waals surface area contributed by atoms with Crippen LogP contribution in [0, 0.1) is 11.6 Å². The van der Waals surface area contributed by atoms with E-state index in [-0.39, 0.29) is 10.0 Å². The highest BCUT2D eigenvalue weighted by molar-refractivity contribution is 6.31. The van der Waals surface area contributed by atoms with Gasteiger partial charge in [-0.15, -0.1) is 0 Å². The summed E-state index contributed by atoms with van der Waals surface area (Å²) in [5.41, 5.74) is 1.06. The van der Waals surface area contributed by atoms with E-state index in [4.69, 9.17) is 33.4 Å². The molecule has 0 aliphatic rings. The van der Waals surface area contributed by atoms with Crippen molar-refractivity contribution in [3.8, 4) is 0 Å². The van der Waals surface area contributed by atoms with Gasteiger partial charge < -0.3 is 10.2 Å². The lowest BCUT2D eigenvalue weighted by Crippen LogP contribution is -2.02. The van der Waals surface area contributed by atoms with E-state index >= 15 is 0 Å². The van der Waals surface area contributed by atoms with Gasteiger partial charge in [0.15, 0.2) is 0 Å². The van der Waals surface area contributed by atoms with E-state index in [1.165, 1.54) is 24.3 Å². The maximum atomic E-state index is 12.8. The summed E-state index contributed by atoms with van der Waals surface area (Å²) in [5.74, 6) is -0.999. The van der Waals surface area contributed by atoms with Crippen molar-refractivity contribution in [1.82, 2.24) is 0 Å². The lowest BCUT2D eigenvalue weighted by atomic mass is 10.1. The van der Waals surface area contributed by atoms with Gasteiger partial charge in [0, 0.05) is 0 Å². The molecule has 0 spiro atoms. The van der Waals surface area contributed by atoms with Gasteiger partial charge in [-0.3, -0.25) is 0 Å². The summed E-state index contributed by atoms with van der Waals surface area (Å²) in [7, 11) is 0. The zero-order valence-electron chi connectivity index (χ0n) is 11.4. The van der Waals surface area contributed by atoms with Gasteiger partial charge in [0.05, 0.1) is 16.7 Å². The molecule has 0 bridgehead atoms. The van der Waals surface area contributed by atoms with E-state index in [2.05, 4.69) is 6.58 Å². The second-order valence-corrected chi connectivity index (χ2v) is 5.06. The topological polar surface area (TPSA) is 40.5 Å². The monoisotopic (exact) mass is 346 g/mol. The van der Waals surface area contributed by atoms with Gasteiger partial charge in [-0.1, -0.05) is 48.0 Å². The molecule has 1 atom stereocenters. The Bertz CT molecular complexity index is 648. The van der Waals surface area contributed by atoms with Crippen LogP contribution < -0.4 is 0 Å². The summed E-state index contributed by atoms with van der Waals surface area (Å²) < 4.78 is 25.3. The van der Waals surface area contributed by atoms with E-state index in [0.29, 0.717) is 5.56 Å². The van der Waals surface area contributed by atoms with E-state index in [9.17, 15) is 8.78 Å². The van der Waals surface area contributed by atoms with Gasteiger partial charge in [0.2, 0.25) is 0 Å². The predicted octanol–water partition coefficient (Wildman–Crippen LogP) is 4.63. The minimum atomic E-state index is -1.04. The maximum absolute atomic E-state index is 12.8. The predicted molar refractivity (Wildman–Crippen MR) is 85.0 cm³/mol. The molecule has 0 amide bonds. The first-order chi connectivity index (χ1) is 10.4. The van der Waals surface area contributed by atoms with Crippen molar-refractivity contribution in [2.24, 2.45) is 0 Å². The maximum Gasteiger partial charge on any atom is 0.142 e. The van der Waals surface area contributed by atoms with E-state index < -0.39 is 24.3 Å². The Morgan fingerprint density at radius 1 is 1.05 bits per heavy atom. The Morgan fingerprint density at radius 2 is 1.59 bits per heavy atom. The van der Waals surface area contributed by atoms with Crippen LogP contribution in [0.4, 0.5) is 8.78 Å². The molecule has 22 heavy (non-hydrogen) atoms. The van der Waals surface area contributed by atoms with Gasteiger partial charge in [0.25, 0.3) is 0 Å². The minimum Gasteiger partial charge on any atom is -0.393 e. The fourth-order valence-electron chi connectivity index (χ4n) is 1.46. The third-order valence-electron chi connectivity index (χ3n) is 2.68. The lowest BCUT2D eigenvalue weighted by molar-refractivity contribution is 0.0954. The average Bonchev–Trinajstić information content (AvgIpc) is 2.52. The van der Waals surface area contributed by atoms with Crippen molar-refractivity contribution in [1.29, 1.82) is 0 Å². The summed E-state index contributed by atoms with van der Waals surface area (Å²) in [6.07, 6.45) is 0.524. The summed E-state index contributed by atoms with van der Waals surface area (Å²) in [4.78, 5) is 0. The first-order valence-corrected chi connectivity index (χ1v) is 6.96. The Hall–Kier alpha value is -1.46. The number of rotatable bonds is 3. The third kappa shape index (κ3) is 5.39. The minimum absolute atomic E-state index is 0.00360. The summed E-state index contributed by atoms with van der Waals surface area (Å²) in [5, 5.41) is 17.8. The zero-order chi connectivity index (χ0) is 16.7. The molecule has 6 heteroatoms. The number of aliphatic hydroxyl groups excluding tert-OH is 2. The molecule has 0 aliphatic heterocycles. The third-order valence-corrected chi connectivity index (χ3v) is 3.29. The fraction of sp³-hybridized carbons (Fsp3) is 0.125. The molecule has 2 rings (SSSR count). The molecule has 0 aliphatic carbocycles. The van der Waals surface area contributed by atoms with Crippen LogP contribution in [0.1, 0.15) is 17.2 Å². The van der Waals surface area contributed by atoms with Crippen LogP contribution >= 0.6 is 23.2 Å². The molecular weight excluding hydrogens is 333 g/mol. The number of benzene rings is 2. The number of halogens is 4. The first kappa shape index (κ1) is 18.6. The number of hydrogen-bond acceptors (Lipinski definition) is 2. The Balaban J connectivity index is 0.000000224. The van der Waals surface area contributed by atoms with Crippen LogP contribution in [-0.4, -0.2) is 16.8 Å². The molecule has 2 N–H and O–H groups in total. The highest BCUT2D eigenvalue weighted by atomic mass is 35.5. The summed E-state index contributed by atoms with van der Waals surface area (Å²) in [6, 6.07) is 8.46. The van der Waals surface area contributed by atoms with Crippen LogP contribution in [0.3, 0.4) is 0 Å². The van der Waals surface area contributed by atoms with Crippen LogP contribution in [0.25, 0.3) is 6.08 Å². The molecule has 118 valence electrons. The molecule has 2 aromatic rings. The van der Waals surface area contributed by atoms with Gasteiger partial charge in [-0.05, 0) is 35.4 Å². The molecule has 0 aromatic heterocycles. The number of hydrogen-bond donors (Lipinski definition) is 2. The molecule has 2 nitrogen and oxygen atoms in total. The van der Waals surface area contributed by atoms with Crippen LogP contribution in [0.15, 0.2) is 43.0 Å². The molecule has 0 fully saturated rings. The second kappa shape index (κ2) is 8.86. The molecule has 0 heterocycles. The van der Waals surface area contributed by atoms with Crippen LogP contribution in [0.2, 0.25) is 10.0 Å². The smallest absolute Gasteiger partial charge is 0.142 e. The van der Waals surface area contributed by atoms with Crippen LogP contribution in [0.5, 0.6) is 0 Å². The van der Waals surface area contributed by atoms with Crippen molar-refractivity contribution in [2.75, 3.05) is 6.61 Å². The molecule has 0 radical (unpaired) electrons. The zero-order valence-corrected chi connectivity index (χ0v) is 13.0. The molecular formula is C16H14Cl2F2O2. The van der Waals surface area contributed by atoms with Gasteiger partial charge in [-0.25, -0.2) is 8.78 Å². The second-order valence-electron chi connectivity index (χ2n) is 4.25. The largest absolute Gasteiger partial charge is 0.393 e. The standard InChI is InChI=1S/C8H8ClFO2.C8H6ClF/c9-6-2-1-5(3-7(6)10)8(12)4-11;1-2-6-3-4-7(9)8(10)5-6/h1-3,8,11-12H,4H2;2-5H,1H2/t8-;/m0./s1. The summed E-state index contributed by atoms with van der Waals surface area (Å²) in [6.45, 7) is 3.06. The van der Waals surface area contributed by atoms with Crippen molar-refractivity contribution in [3.63, 3.8) is 0 Å². The van der Waals surface area contributed by atoms with Crippen molar-refractivity contribution in [2.45, 2.75) is 6.10 Å². The average molecular weight is 347 g/mol. The van der Waals surface area contributed by atoms with Crippen LogP contribution in [-0.2, 0) is 0 Å². The molecule has 0 unspecified atom stereocenters. The lowest BCUT2D eigenvalue weighted by Gasteiger charge is -2.07. The van der Waals surface area contributed by atoms with Crippen molar-refractivity contribution < 1.29 is 19.0 Å².